The van der Waals surface area contributed by atoms with E-state index in [0.29, 0.717) is 24.0 Å². The number of anilines is 1. The van der Waals surface area contributed by atoms with Gasteiger partial charge in [0.05, 0.1) is 12.3 Å². The number of cyclic esters (lactones) is 2. The zero-order valence-corrected chi connectivity index (χ0v) is 15.4. The van der Waals surface area contributed by atoms with E-state index in [-0.39, 0.29) is 12.8 Å². The molecule has 0 aromatic carbocycles. The average Bonchev–Trinajstić information content (AvgIpc) is 3.19. The summed E-state index contributed by atoms with van der Waals surface area (Å²) >= 11 is 1.28. The van der Waals surface area contributed by atoms with E-state index in [1.807, 2.05) is 0 Å². The molecule has 0 radical (unpaired) electrons. The largest absolute Gasteiger partial charge is 0.459 e. The van der Waals surface area contributed by atoms with Gasteiger partial charge in [-0.15, -0.1) is 11.3 Å². The number of nitrogens with two attached hydrogens (primary N) is 1. The molecule has 3 rings (SSSR count). The highest BCUT2D eigenvalue weighted by molar-refractivity contribution is 7.13. The number of unbranched alkanes of at least 4 members (excludes halogenated alkanes) is 2. The van der Waals surface area contributed by atoms with Crippen molar-refractivity contribution in [2.45, 2.75) is 57.7 Å². The highest BCUT2D eigenvalue weighted by atomic mass is 32.1. The third kappa shape index (κ3) is 3.37. The molecule has 0 bridgehead atoms. The first kappa shape index (κ1) is 18.1. The number of nitrogens with zero attached hydrogens (tertiary/aromatic N) is 1. The van der Waals surface area contributed by atoms with Crippen LogP contribution in [0.25, 0.3) is 0 Å². The number of rotatable bonds is 7. The molecule has 1 spiro atoms. The van der Waals surface area contributed by atoms with Crippen LogP contribution in [0.5, 0.6) is 0 Å². The minimum Gasteiger partial charge on any atom is -0.459 e. The quantitative estimate of drug-likeness (QED) is 0.448. The summed E-state index contributed by atoms with van der Waals surface area (Å²) in [4.78, 5) is 29.2. The second-order valence-corrected chi connectivity index (χ2v) is 7.85. The first-order valence-electron chi connectivity index (χ1n) is 8.63. The van der Waals surface area contributed by atoms with Gasteiger partial charge < -0.3 is 19.9 Å². The molecule has 2 N–H and O–H groups in total. The molecule has 3 heterocycles. The van der Waals surface area contributed by atoms with Gasteiger partial charge in [-0.3, -0.25) is 9.59 Å². The maximum absolute atomic E-state index is 12.5. The third-order valence-corrected chi connectivity index (χ3v) is 5.52. The fourth-order valence-electron chi connectivity index (χ4n) is 3.51. The van der Waals surface area contributed by atoms with Crippen LogP contribution >= 0.6 is 11.3 Å². The van der Waals surface area contributed by atoms with Gasteiger partial charge in [-0.05, 0) is 13.3 Å². The Kier molecular flexibility index (Phi) is 5.02. The zero-order valence-electron chi connectivity index (χ0n) is 14.6. The lowest BCUT2D eigenvalue weighted by Gasteiger charge is -2.20. The van der Waals surface area contributed by atoms with Gasteiger partial charge in [0.2, 0.25) is 0 Å². The van der Waals surface area contributed by atoms with E-state index in [1.165, 1.54) is 11.3 Å². The smallest absolute Gasteiger partial charge is 0.324 e. The minimum absolute atomic E-state index is 0.215. The number of thiazole rings is 1. The van der Waals surface area contributed by atoms with Crippen LogP contribution in [0.3, 0.4) is 0 Å². The monoisotopic (exact) mass is 368 g/mol. The van der Waals surface area contributed by atoms with Crippen LogP contribution in [0, 0.1) is 5.41 Å². The molecule has 7 nitrogen and oxygen atoms in total. The number of hydrogen-bond acceptors (Lipinski definition) is 8. The summed E-state index contributed by atoms with van der Waals surface area (Å²) in [5.74, 6) is -1.06. The number of ether oxygens (including phenoxy) is 3. The number of esters is 2. The number of hydrogen-bond donors (Lipinski definition) is 1. The molecule has 0 unspecified atom stereocenters. The van der Waals surface area contributed by atoms with Crippen molar-refractivity contribution >= 4 is 28.4 Å². The molecule has 1 aromatic rings. The van der Waals surface area contributed by atoms with Crippen molar-refractivity contribution in [1.29, 1.82) is 0 Å². The molecule has 2 saturated heterocycles. The van der Waals surface area contributed by atoms with Crippen molar-refractivity contribution < 1.29 is 23.8 Å². The highest BCUT2D eigenvalue weighted by Gasteiger charge is 2.65. The van der Waals surface area contributed by atoms with Crippen molar-refractivity contribution in [2.75, 3.05) is 18.9 Å². The Hall–Kier alpha value is -1.67. The second-order valence-electron chi connectivity index (χ2n) is 6.96. The first-order valence-corrected chi connectivity index (χ1v) is 9.51. The van der Waals surface area contributed by atoms with E-state index in [0.717, 1.165) is 19.3 Å². The maximum atomic E-state index is 12.5. The molecule has 25 heavy (non-hydrogen) atoms. The molecule has 2 fully saturated rings. The van der Waals surface area contributed by atoms with Gasteiger partial charge in [0.25, 0.3) is 0 Å². The number of nitrogen functional groups attached to an aromatic ring is 1. The Balaban J connectivity index is 1.65. The molecule has 2 aliphatic rings. The van der Waals surface area contributed by atoms with Crippen molar-refractivity contribution in [3.05, 3.63) is 11.1 Å². The van der Waals surface area contributed by atoms with Crippen LogP contribution in [-0.2, 0) is 29.4 Å². The molecule has 0 aliphatic carbocycles. The second kappa shape index (κ2) is 6.92. The van der Waals surface area contributed by atoms with E-state index < -0.39 is 29.1 Å². The Bertz CT molecular complexity index is 663. The molecular weight excluding hydrogens is 344 g/mol. The lowest BCUT2D eigenvalue weighted by atomic mass is 9.78. The zero-order chi connectivity index (χ0) is 18.1. The van der Waals surface area contributed by atoms with Crippen molar-refractivity contribution in [2.24, 2.45) is 5.41 Å². The van der Waals surface area contributed by atoms with Gasteiger partial charge in [0.1, 0.15) is 6.10 Å². The minimum atomic E-state index is -1.26. The molecular formula is C17H24N2O5S. The summed E-state index contributed by atoms with van der Waals surface area (Å²) < 4.78 is 16.6. The first-order chi connectivity index (χ1) is 11.9. The summed E-state index contributed by atoms with van der Waals surface area (Å²) in [7, 11) is 0. The predicted octanol–water partition coefficient (Wildman–Crippen LogP) is 2.40. The van der Waals surface area contributed by atoms with Gasteiger partial charge in [-0.1, -0.05) is 19.8 Å². The fourth-order valence-corrected chi connectivity index (χ4v) is 4.20. The van der Waals surface area contributed by atoms with Crippen LogP contribution in [0.4, 0.5) is 5.13 Å². The Labute approximate surface area is 150 Å². The van der Waals surface area contributed by atoms with Gasteiger partial charge in [-0.25, -0.2) is 4.98 Å². The molecule has 0 amide bonds. The highest BCUT2D eigenvalue weighted by Crippen LogP contribution is 2.52. The third-order valence-electron chi connectivity index (χ3n) is 4.85. The standard InChI is InChI=1S/C17H24N2O5S/c1-3-4-5-6-22-8-11-7-17(13(20)23-11)10-16(2,24-14(17)21)12-9-25-15(18)19-12/h9,11H,3-8,10H2,1-2H3,(H2,18,19)/t11-,16-,17+/m0/s1. The average molecular weight is 368 g/mol. The summed E-state index contributed by atoms with van der Waals surface area (Å²) in [5.41, 5.74) is 4.04. The van der Waals surface area contributed by atoms with E-state index in [4.69, 9.17) is 19.9 Å². The Morgan fingerprint density at radius 2 is 2.20 bits per heavy atom. The fraction of sp³-hybridized carbons (Fsp3) is 0.706. The molecule has 1 aromatic heterocycles. The normalized spacial score (nSPS) is 31.5. The molecule has 8 heteroatoms. The van der Waals surface area contributed by atoms with E-state index in [2.05, 4.69) is 11.9 Å². The summed E-state index contributed by atoms with van der Waals surface area (Å²) in [5, 5.41) is 2.16. The predicted molar refractivity (Wildman–Crippen MR) is 91.9 cm³/mol. The van der Waals surface area contributed by atoms with E-state index in [1.54, 1.807) is 12.3 Å². The van der Waals surface area contributed by atoms with Crippen molar-refractivity contribution in [3.8, 4) is 0 Å². The van der Waals surface area contributed by atoms with Gasteiger partial charge in [0, 0.05) is 24.8 Å². The van der Waals surface area contributed by atoms with Gasteiger partial charge in [0.15, 0.2) is 16.1 Å². The SMILES string of the molecule is CCCCCOC[C@@H]1C[C@@]2(C[C@@](C)(c3csc(N)n3)OC2=O)C(=O)O1. The maximum Gasteiger partial charge on any atom is 0.324 e. The Morgan fingerprint density at radius 1 is 1.40 bits per heavy atom. The van der Waals surface area contributed by atoms with Gasteiger partial charge in [-0.2, -0.15) is 0 Å². The molecule has 138 valence electrons. The Morgan fingerprint density at radius 3 is 2.88 bits per heavy atom. The van der Waals surface area contributed by atoms with Gasteiger partial charge >= 0.3 is 11.9 Å². The molecule has 2 aliphatic heterocycles. The molecule has 3 atom stereocenters. The molecule has 0 saturated carbocycles. The number of carbonyl (C=O) groups excluding carboxylic acids is 2. The van der Waals surface area contributed by atoms with Crippen LogP contribution < -0.4 is 5.73 Å². The van der Waals surface area contributed by atoms with E-state index in [9.17, 15) is 9.59 Å². The van der Waals surface area contributed by atoms with Crippen LogP contribution in [0.1, 0.15) is 51.6 Å². The van der Waals surface area contributed by atoms with Crippen molar-refractivity contribution in [1.82, 2.24) is 4.98 Å². The summed E-state index contributed by atoms with van der Waals surface area (Å²) in [6.07, 6.45) is 3.30. The lowest BCUT2D eigenvalue weighted by molar-refractivity contribution is -0.160. The number of carbonyl (C=O) groups is 2. The van der Waals surface area contributed by atoms with Crippen LogP contribution in [0.2, 0.25) is 0 Å². The van der Waals surface area contributed by atoms with Crippen LogP contribution in [-0.4, -0.2) is 36.2 Å². The topological polar surface area (TPSA) is 101 Å². The number of aromatic nitrogens is 1. The summed E-state index contributed by atoms with van der Waals surface area (Å²) in [6, 6.07) is 0. The lowest BCUT2D eigenvalue weighted by Crippen LogP contribution is -2.32. The van der Waals surface area contributed by atoms with E-state index >= 15 is 0 Å². The van der Waals surface area contributed by atoms with Crippen LogP contribution in [0.15, 0.2) is 5.38 Å². The summed E-state index contributed by atoms with van der Waals surface area (Å²) in [6.45, 7) is 4.83. The van der Waals surface area contributed by atoms with Crippen molar-refractivity contribution in [3.63, 3.8) is 0 Å².